The predicted octanol–water partition coefficient (Wildman–Crippen LogP) is 0.738. The number of hydrogen-bond donors (Lipinski definition) is 2. The number of rotatable bonds is 5. The van der Waals surface area contributed by atoms with Crippen LogP contribution < -0.4 is 5.32 Å². The van der Waals surface area contributed by atoms with Gasteiger partial charge in [-0.15, -0.1) is 0 Å². The molecule has 1 aromatic carbocycles. The second-order valence-electron chi connectivity index (χ2n) is 6.10. The molecule has 1 saturated heterocycles. The molecular weight excluding hydrogens is 316 g/mol. The van der Waals surface area contributed by atoms with Crippen molar-refractivity contribution in [2.45, 2.75) is 25.1 Å². The van der Waals surface area contributed by atoms with Crippen LogP contribution in [0.15, 0.2) is 30.9 Å². The number of benzene rings is 1. The van der Waals surface area contributed by atoms with Gasteiger partial charge in [0.25, 0.3) is 0 Å². The van der Waals surface area contributed by atoms with Gasteiger partial charge in [0.2, 0.25) is 0 Å². The molecule has 0 radical (unpaired) electrons. The Morgan fingerprint density at radius 1 is 1.33 bits per heavy atom. The first-order valence-electron chi connectivity index (χ1n) is 7.96. The number of nitrogens with one attached hydrogen (secondary N) is 1. The maximum Gasteiger partial charge on any atom is 0.137 e. The van der Waals surface area contributed by atoms with Gasteiger partial charge in [-0.3, -0.25) is 4.90 Å². The van der Waals surface area contributed by atoms with Gasteiger partial charge in [-0.25, -0.2) is 18.4 Å². The van der Waals surface area contributed by atoms with Gasteiger partial charge in [0, 0.05) is 43.9 Å². The lowest BCUT2D eigenvalue weighted by Crippen LogP contribution is -2.56. The summed E-state index contributed by atoms with van der Waals surface area (Å²) < 4.78 is 29.2. The summed E-state index contributed by atoms with van der Waals surface area (Å²) >= 11 is 0. The molecule has 2 aromatic rings. The highest BCUT2D eigenvalue weighted by atomic mass is 19.1. The van der Waals surface area contributed by atoms with E-state index in [0.29, 0.717) is 0 Å². The Balaban J connectivity index is 1.98. The summed E-state index contributed by atoms with van der Waals surface area (Å²) in [5, 5.41) is 18.7. The molecule has 1 aromatic heterocycles. The van der Waals surface area contributed by atoms with E-state index in [0.717, 1.165) is 38.3 Å². The smallest absolute Gasteiger partial charge is 0.137 e. The zero-order valence-electron chi connectivity index (χ0n) is 13.5. The molecule has 0 bridgehead atoms. The maximum absolute atomic E-state index is 14.4. The molecule has 1 fully saturated rings. The molecule has 0 spiro atoms. The summed E-state index contributed by atoms with van der Waals surface area (Å²) in [4.78, 5) is 5.97. The van der Waals surface area contributed by atoms with Gasteiger partial charge in [0.15, 0.2) is 0 Å². The minimum atomic E-state index is -1.57. The molecule has 0 aliphatic carbocycles. The van der Waals surface area contributed by atoms with Crippen molar-refractivity contribution in [2.75, 3.05) is 26.2 Å². The molecule has 0 amide bonds. The number of piperazine rings is 1. The Hall–Kier alpha value is -1.90. The number of halogens is 2. The van der Waals surface area contributed by atoms with Gasteiger partial charge >= 0.3 is 0 Å². The third-order valence-corrected chi connectivity index (χ3v) is 4.66. The van der Waals surface area contributed by atoms with Crippen LogP contribution in [0.25, 0.3) is 0 Å². The van der Waals surface area contributed by atoms with Gasteiger partial charge in [-0.05, 0) is 13.0 Å². The molecule has 2 heterocycles. The lowest BCUT2D eigenvalue weighted by molar-refractivity contribution is -0.0663. The van der Waals surface area contributed by atoms with Crippen LogP contribution in [0.1, 0.15) is 12.5 Å². The third-order valence-electron chi connectivity index (χ3n) is 4.66. The first-order chi connectivity index (χ1) is 11.5. The zero-order chi connectivity index (χ0) is 17.2. The molecule has 3 rings (SSSR count). The summed E-state index contributed by atoms with van der Waals surface area (Å²) in [5.41, 5.74) is -1.51. The van der Waals surface area contributed by atoms with Crippen molar-refractivity contribution in [3.63, 3.8) is 0 Å². The van der Waals surface area contributed by atoms with Crippen molar-refractivity contribution in [3.05, 3.63) is 48.1 Å². The number of hydrogen-bond acceptors (Lipinski definition) is 5. The van der Waals surface area contributed by atoms with E-state index < -0.39 is 17.2 Å². The van der Waals surface area contributed by atoms with Crippen molar-refractivity contribution in [1.29, 1.82) is 0 Å². The fourth-order valence-corrected chi connectivity index (χ4v) is 3.22. The fourth-order valence-electron chi connectivity index (χ4n) is 3.22. The lowest BCUT2D eigenvalue weighted by atomic mass is 9.85. The second kappa shape index (κ2) is 6.92. The van der Waals surface area contributed by atoms with Crippen molar-refractivity contribution in [1.82, 2.24) is 25.0 Å². The zero-order valence-corrected chi connectivity index (χ0v) is 13.5. The first kappa shape index (κ1) is 16.9. The van der Waals surface area contributed by atoms with Gasteiger partial charge in [-0.2, -0.15) is 5.10 Å². The first-order valence-corrected chi connectivity index (χ1v) is 7.96. The van der Waals surface area contributed by atoms with Crippen LogP contribution in [0.5, 0.6) is 0 Å². The summed E-state index contributed by atoms with van der Waals surface area (Å²) in [7, 11) is 0. The van der Waals surface area contributed by atoms with Crippen LogP contribution in [-0.2, 0) is 12.1 Å². The van der Waals surface area contributed by atoms with Gasteiger partial charge in [0.05, 0.1) is 6.54 Å². The normalized spacial score (nSPS) is 19.8. The molecule has 0 saturated carbocycles. The Kier molecular flexibility index (Phi) is 4.88. The molecule has 6 nitrogen and oxygen atoms in total. The van der Waals surface area contributed by atoms with Crippen LogP contribution >= 0.6 is 0 Å². The van der Waals surface area contributed by atoms with Crippen molar-refractivity contribution in [2.24, 2.45) is 0 Å². The van der Waals surface area contributed by atoms with E-state index in [1.807, 2.05) is 6.92 Å². The van der Waals surface area contributed by atoms with Crippen LogP contribution in [0, 0.1) is 11.6 Å². The van der Waals surface area contributed by atoms with E-state index in [2.05, 4.69) is 20.3 Å². The molecule has 2 N–H and O–H groups in total. The molecule has 1 aliphatic heterocycles. The topological polar surface area (TPSA) is 66.2 Å². The number of aromatic nitrogens is 3. The summed E-state index contributed by atoms with van der Waals surface area (Å²) in [5.74, 6) is -1.44. The predicted molar refractivity (Wildman–Crippen MR) is 84.2 cm³/mol. The second-order valence-corrected chi connectivity index (χ2v) is 6.10. The molecule has 24 heavy (non-hydrogen) atoms. The largest absolute Gasteiger partial charge is 0.381 e. The minimum Gasteiger partial charge on any atom is -0.381 e. The van der Waals surface area contributed by atoms with Crippen LogP contribution in [-0.4, -0.2) is 57.0 Å². The van der Waals surface area contributed by atoms with Crippen LogP contribution in [0.2, 0.25) is 0 Å². The van der Waals surface area contributed by atoms with Crippen molar-refractivity contribution < 1.29 is 13.9 Å². The lowest BCUT2D eigenvalue weighted by Gasteiger charge is -2.43. The van der Waals surface area contributed by atoms with Crippen molar-refractivity contribution >= 4 is 0 Å². The average molecular weight is 337 g/mol. The van der Waals surface area contributed by atoms with Gasteiger partial charge in [0.1, 0.15) is 29.9 Å². The molecular formula is C16H21F2N5O. The van der Waals surface area contributed by atoms with Gasteiger partial charge in [-0.1, -0.05) is 6.07 Å². The Morgan fingerprint density at radius 3 is 2.71 bits per heavy atom. The van der Waals surface area contributed by atoms with E-state index in [9.17, 15) is 13.9 Å². The molecule has 130 valence electrons. The third kappa shape index (κ3) is 3.31. The minimum absolute atomic E-state index is 0.0284. The van der Waals surface area contributed by atoms with E-state index in [-0.39, 0.29) is 18.2 Å². The molecule has 1 aliphatic rings. The number of aliphatic hydroxyl groups is 1. The van der Waals surface area contributed by atoms with E-state index in [4.69, 9.17) is 0 Å². The molecule has 2 atom stereocenters. The van der Waals surface area contributed by atoms with Crippen LogP contribution in [0.3, 0.4) is 0 Å². The fraction of sp³-hybridized carbons (Fsp3) is 0.500. The highest BCUT2D eigenvalue weighted by Crippen LogP contribution is 2.32. The van der Waals surface area contributed by atoms with Crippen LogP contribution in [0.4, 0.5) is 8.78 Å². The SMILES string of the molecule is C[C@@H](N1CCNCC1)[C@](O)(Cn1cncn1)c1ccc(F)cc1F. The summed E-state index contributed by atoms with van der Waals surface area (Å²) in [6.07, 6.45) is 2.83. The van der Waals surface area contributed by atoms with E-state index in [1.54, 1.807) is 0 Å². The van der Waals surface area contributed by atoms with E-state index in [1.165, 1.54) is 23.4 Å². The maximum atomic E-state index is 14.4. The van der Waals surface area contributed by atoms with E-state index >= 15 is 0 Å². The quantitative estimate of drug-likeness (QED) is 0.842. The Morgan fingerprint density at radius 2 is 2.08 bits per heavy atom. The summed E-state index contributed by atoms with van der Waals surface area (Å²) in [6.45, 7) is 4.96. The highest BCUT2D eigenvalue weighted by molar-refractivity contribution is 5.27. The average Bonchev–Trinajstić information content (AvgIpc) is 3.07. The van der Waals surface area contributed by atoms with Crippen molar-refractivity contribution in [3.8, 4) is 0 Å². The Labute approximate surface area is 139 Å². The number of nitrogens with zero attached hydrogens (tertiary/aromatic N) is 4. The molecule has 8 heteroatoms. The Bertz CT molecular complexity index is 675. The van der Waals surface area contributed by atoms with Gasteiger partial charge < -0.3 is 10.4 Å². The summed E-state index contributed by atoms with van der Waals surface area (Å²) in [6, 6.07) is 2.88. The molecule has 0 unspecified atom stereocenters. The monoisotopic (exact) mass is 337 g/mol. The highest BCUT2D eigenvalue weighted by Gasteiger charge is 2.42. The standard InChI is InChI=1S/C16H21F2N5O/c1-12(22-6-4-19-5-7-22)16(24,9-23-11-20-10-21-23)14-3-2-13(17)8-15(14)18/h2-3,8,10-12,19,24H,4-7,9H2,1H3/t12-,16-/m1/s1.